The molecule has 0 aromatic rings. The molecule has 0 saturated carbocycles. The Balaban J connectivity index is -0.000000318. The summed E-state index contributed by atoms with van der Waals surface area (Å²) >= 11 is 0. The topological polar surface area (TPSA) is 27.0 Å². The molecule has 0 saturated heterocycles. The smallest absolute Gasteiger partial charge is 0.0949 e. The normalized spacial score (nSPS) is 10.3. The highest BCUT2D eigenvalue weighted by Crippen LogP contribution is 2.00. The summed E-state index contributed by atoms with van der Waals surface area (Å²) in [6.07, 6.45) is 2.26. The van der Waals surface area contributed by atoms with E-state index in [1.54, 1.807) is 0 Å². The van der Waals surface area contributed by atoms with E-state index in [-0.39, 0.29) is 6.04 Å². The minimum atomic E-state index is 0.0786. The van der Waals surface area contributed by atoms with Gasteiger partial charge in [0.05, 0.1) is 12.1 Å². The third-order valence-corrected chi connectivity index (χ3v) is 1.76. The SMILES string of the molecule is CC.CC.CCCN(CCC)C(C)C#N. The molecule has 0 aromatic heterocycles. The average Bonchev–Trinajstić information content (AvgIpc) is 2.33. The molecular weight excluding hydrogens is 184 g/mol. The van der Waals surface area contributed by atoms with Gasteiger partial charge in [0.25, 0.3) is 0 Å². The van der Waals surface area contributed by atoms with Gasteiger partial charge in [-0.3, -0.25) is 4.90 Å². The number of rotatable bonds is 5. The Bertz CT molecular complexity index is 121. The fraction of sp³-hybridized carbons (Fsp3) is 0.923. The van der Waals surface area contributed by atoms with Gasteiger partial charge in [-0.1, -0.05) is 41.5 Å². The van der Waals surface area contributed by atoms with Crippen molar-refractivity contribution in [3.05, 3.63) is 0 Å². The van der Waals surface area contributed by atoms with E-state index in [1.807, 2.05) is 34.6 Å². The highest BCUT2D eigenvalue weighted by Gasteiger charge is 2.09. The minimum Gasteiger partial charge on any atom is -0.288 e. The maximum atomic E-state index is 8.67. The van der Waals surface area contributed by atoms with Crippen LogP contribution in [0.4, 0.5) is 0 Å². The highest BCUT2D eigenvalue weighted by molar-refractivity contribution is 4.87. The molecule has 1 atom stereocenters. The van der Waals surface area contributed by atoms with E-state index in [0.717, 1.165) is 25.9 Å². The number of hydrogen-bond donors (Lipinski definition) is 0. The molecule has 1 unspecified atom stereocenters. The molecule has 92 valence electrons. The Morgan fingerprint density at radius 1 is 1.00 bits per heavy atom. The van der Waals surface area contributed by atoms with Crippen LogP contribution >= 0.6 is 0 Å². The third-order valence-electron chi connectivity index (χ3n) is 1.76. The van der Waals surface area contributed by atoms with Gasteiger partial charge < -0.3 is 0 Å². The lowest BCUT2D eigenvalue weighted by atomic mass is 10.2. The van der Waals surface area contributed by atoms with Gasteiger partial charge in [0.1, 0.15) is 0 Å². The van der Waals surface area contributed by atoms with Crippen LogP contribution in [0.25, 0.3) is 0 Å². The van der Waals surface area contributed by atoms with Crippen molar-refractivity contribution >= 4 is 0 Å². The summed E-state index contributed by atoms with van der Waals surface area (Å²) in [6, 6.07) is 2.34. The summed E-state index contributed by atoms with van der Waals surface area (Å²) in [5.41, 5.74) is 0. The van der Waals surface area contributed by atoms with E-state index in [1.165, 1.54) is 0 Å². The van der Waals surface area contributed by atoms with Crippen LogP contribution in [0.1, 0.15) is 61.3 Å². The summed E-state index contributed by atoms with van der Waals surface area (Å²) in [5.74, 6) is 0. The van der Waals surface area contributed by atoms with Crippen molar-refractivity contribution in [3.8, 4) is 6.07 Å². The van der Waals surface area contributed by atoms with Crippen molar-refractivity contribution in [2.45, 2.75) is 67.3 Å². The third kappa shape index (κ3) is 13.4. The van der Waals surface area contributed by atoms with Crippen molar-refractivity contribution in [2.24, 2.45) is 0 Å². The second kappa shape index (κ2) is 19.1. The molecular formula is C13H30N2. The van der Waals surface area contributed by atoms with Crippen LogP contribution in [0.15, 0.2) is 0 Å². The molecule has 0 bridgehead atoms. The molecule has 0 aromatic carbocycles. The van der Waals surface area contributed by atoms with Crippen LogP contribution < -0.4 is 0 Å². The van der Waals surface area contributed by atoms with Gasteiger partial charge in [0.2, 0.25) is 0 Å². The zero-order valence-electron chi connectivity index (χ0n) is 11.8. The van der Waals surface area contributed by atoms with Crippen LogP contribution in [0.2, 0.25) is 0 Å². The minimum absolute atomic E-state index is 0.0786. The van der Waals surface area contributed by atoms with Gasteiger partial charge in [-0.15, -0.1) is 0 Å². The number of nitriles is 1. The van der Waals surface area contributed by atoms with Crippen LogP contribution in [-0.4, -0.2) is 24.0 Å². The van der Waals surface area contributed by atoms with Crippen LogP contribution in [0.5, 0.6) is 0 Å². The van der Waals surface area contributed by atoms with Gasteiger partial charge in [0, 0.05) is 0 Å². The molecule has 15 heavy (non-hydrogen) atoms. The largest absolute Gasteiger partial charge is 0.288 e. The van der Waals surface area contributed by atoms with E-state index in [2.05, 4.69) is 24.8 Å². The van der Waals surface area contributed by atoms with Gasteiger partial charge in [-0.25, -0.2) is 0 Å². The Kier molecular flexibility index (Phi) is 25.4. The molecule has 0 amide bonds. The quantitative estimate of drug-likeness (QED) is 0.689. The molecule has 0 spiro atoms. The first kappa shape index (κ1) is 19.9. The van der Waals surface area contributed by atoms with Gasteiger partial charge in [-0.2, -0.15) is 5.26 Å². The fourth-order valence-corrected chi connectivity index (χ4v) is 1.16. The summed E-state index contributed by atoms with van der Waals surface area (Å²) in [6.45, 7) is 16.3. The van der Waals surface area contributed by atoms with E-state index >= 15 is 0 Å². The Morgan fingerprint density at radius 2 is 1.33 bits per heavy atom. The van der Waals surface area contributed by atoms with Crippen molar-refractivity contribution in [2.75, 3.05) is 13.1 Å². The van der Waals surface area contributed by atoms with E-state index < -0.39 is 0 Å². The maximum Gasteiger partial charge on any atom is 0.0949 e. The second-order valence-corrected chi connectivity index (χ2v) is 2.84. The monoisotopic (exact) mass is 214 g/mol. The predicted molar refractivity (Wildman–Crippen MR) is 69.9 cm³/mol. The summed E-state index contributed by atoms with van der Waals surface area (Å²) < 4.78 is 0. The Labute approximate surface area is 97.3 Å². The number of hydrogen-bond acceptors (Lipinski definition) is 2. The van der Waals surface area contributed by atoms with Gasteiger partial charge >= 0.3 is 0 Å². The Hall–Kier alpha value is -0.550. The molecule has 0 radical (unpaired) electrons. The van der Waals surface area contributed by atoms with Gasteiger partial charge in [0.15, 0.2) is 0 Å². The first-order chi connectivity index (χ1) is 7.26. The maximum absolute atomic E-state index is 8.67. The Morgan fingerprint density at radius 3 is 1.53 bits per heavy atom. The predicted octanol–water partition coefficient (Wildman–Crippen LogP) is 4.07. The molecule has 2 heteroatoms. The second-order valence-electron chi connectivity index (χ2n) is 2.84. The lowest BCUT2D eigenvalue weighted by Gasteiger charge is -2.22. The van der Waals surface area contributed by atoms with Crippen LogP contribution in [-0.2, 0) is 0 Å². The standard InChI is InChI=1S/C9H18N2.2C2H6/c1-4-6-11(7-5-2)9(3)8-10;2*1-2/h9H,4-7H2,1-3H3;2*1-2H3. The molecule has 0 N–H and O–H groups in total. The van der Waals surface area contributed by atoms with E-state index in [4.69, 9.17) is 5.26 Å². The molecule has 2 nitrogen and oxygen atoms in total. The van der Waals surface area contributed by atoms with Crippen LogP contribution in [0, 0.1) is 11.3 Å². The van der Waals surface area contributed by atoms with E-state index in [0.29, 0.717) is 0 Å². The lowest BCUT2D eigenvalue weighted by molar-refractivity contribution is 0.246. The summed E-state index contributed by atoms with van der Waals surface area (Å²) in [4.78, 5) is 2.22. The van der Waals surface area contributed by atoms with Gasteiger partial charge in [-0.05, 0) is 32.9 Å². The number of nitrogens with zero attached hydrogens (tertiary/aromatic N) is 2. The highest BCUT2D eigenvalue weighted by atomic mass is 15.1. The summed E-state index contributed by atoms with van der Waals surface area (Å²) in [5, 5.41) is 8.67. The zero-order valence-corrected chi connectivity index (χ0v) is 11.8. The van der Waals surface area contributed by atoms with Crippen LogP contribution in [0.3, 0.4) is 0 Å². The van der Waals surface area contributed by atoms with Crippen molar-refractivity contribution in [1.82, 2.24) is 4.90 Å². The molecule has 0 aliphatic heterocycles. The average molecular weight is 214 g/mol. The molecule has 0 rings (SSSR count). The first-order valence-electron chi connectivity index (χ1n) is 6.39. The molecule has 0 heterocycles. The first-order valence-corrected chi connectivity index (χ1v) is 6.39. The van der Waals surface area contributed by atoms with Crippen molar-refractivity contribution in [3.63, 3.8) is 0 Å². The van der Waals surface area contributed by atoms with Crippen molar-refractivity contribution in [1.29, 1.82) is 5.26 Å². The van der Waals surface area contributed by atoms with Crippen molar-refractivity contribution < 1.29 is 0 Å². The molecule has 0 aliphatic rings. The zero-order chi connectivity index (χ0) is 12.7. The van der Waals surface area contributed by atoms with E-state index in [9.17, 15) is 0 Å². The lowest BCUT2D eigenvalue weighted by Crippen LogP contribution is -2.33. The molecule has 0 aliphatic carbocycles. The molecule has 0 fully saturated rings. The fourth-order valence-electron chi connectivity index (χ4n) is 1.16. The summed E-state index contributed by atoms with van der Waals surface area (Å²) in [7, 11) is 0.